The SMILES string of the molecule is Cc1ccc(C#N)c(N2CCC(Nc3cc(N(C)C)ncn3)C2)n1. The molecule has 3 heterocycles. The van der Waals surface area contributed by atoms with Crippen LogP contribution in [0.5, 0.6) is 0 Å². The van der Waals surface area contributed by atoms with Gasteiger partial charge in [0.1, 0.15) is 29.9 Å². The number of aryl methyl sites for hydroxylation is 1. The third-order valence-corrected chi connectivity index (χ3v) is 4.09. The summed E-state index contributed by atoms with van der Waals surface area (Å²) in [5.74, 6) is 2.46. The van der Waals surface area contributed by atoms with Crippen LogP contribution in [0.25, 0.3) is 0 Å². The Bertz CT molecular complexity index is 766. The molecule has 0 amide bonds. The van der Waals surface area contributed by atoms with Gasteiger partial charge in [0.2, 0.25) is 0 Å². The van der Waals surface area contributed by atoms with Gasteiger partial charge in [-0.05, 0) is 25.5 Å². The number of aromatic nitrogens is 3. The minimum absolute atomic E-state index is 0.267. The second kappa shape index (κ2) is 6.71. The number of hydrogen-bond acceptors (Lipinski definition) is 7. The number of anilines is 3. The summed E-state index contributed by atoms with van der Waals surface area (Å²) in [5, 5.41) is 12.8. The smallest absolute Gasteiger partial charge is 0.146 e. The van der Waals surface area contributed by atoms with Crippen molar-refractivity contribution in [1.82, 2.24) is 15.0 Å². The zero-order valence-electron chi connectivity index (χ0n) is 14.2. The van der Waals surface area contributed by atoms with Crippen LogP contribution >= 0.6 is 0 Å². The first-order valence-electron chi connectivity index (χ1n) is 7.95. The molecule has 1 unspecified atom stereocenters. The van der Waals surface area contributed by atoms with Crippen molar-refractivity contribution < 1.29 is 0 Å². The molecule has 1 fully saturated rings. The Morgan fingerprint density at radius 1 is 1.33 bits per heavy atom. The maximum Gasteiger partial charge on any atom is 0.146 e. The average molecular weight is 323 g/mol. The van der Waals surface area contributed by atoms with Crippen molar-refractivity contribution in [2.24, 2.45) is 0 Å². The van der Waals surface area contributed by atoms with Gasteiger partial charge in [0, 0.05) is 45.0 Å². The summed E-state index contributed by atoms with van der Waals surface area (Å²) in [5.41, 5.74) is 1.55. The minimum Gasteiger partial charge on any atom is -0.365 e. The van der Waals surface area contributed by atoms with Gasteiger partial charge in [0.25, 0.3) is 0 Å². The molecule has 2 aromatic heterocycles. The van der Waals surface area contributed by atoms with Crippen molar-refractivity contribution in [3.8, 4) is 6.07 Å². The quantitative estimate of drug-likeness (QED) is 0.919. The van der Waals surface area contributed by atoms with Crippen molar-refractivity contribution in [3.63, 3.8) is 0 Å². The lowest BCUT2D eigenvalue weighted by Gasteiger charge is -2.20. The van der Waals surface area contributed by atoms with Crippen LogP contribution in [-0.4, -0.2) is 48.2 Å². The van der Waals surface area contributed by atoms with Gasteiger partial charge in [-0.15, -0.1) is 0 Å². The van der Waals surface area contributed by atoms with Crippen LogP contribution in [-0.2, 0) is 0 Å². The predicted molar refractivity (Wildman–Crippen MR) is 94.3 cm³/mol. The molecule has 1 atom stereocenters. The maximum atomic E-state index is 9.30. The molecular weight excluding hydrogens is 302 g/mol. The zero-order valence-corrected chi connectivity index (χ0v) is 14.2. The molecule has 2 aromatic rings. The van der Waals surface area contributed by atoms with E-state index >= 15 is 0 Å². The van der Waals surface area contributed by atoms with Crippen LogP contribution in [0.1, 0.15) is 17.7 Å². The molecule has 1 saturated heterocycles. The lowest BCUT2D eigenvalue weighted by Crippen LogP contribution is -2.27. The monoisotopic (exact) mass is 323 g/mol. The van der Waals surface area contributed by atoms with E-state index < -0.39 is 0 Å². The Kier molecular flexibility index (Phi) is 4.47. The Hall–Kier alpha value is -2.88. The van der Waals surface area contributed by atoms with Gasteiger partial charge < -0.3 is 15.1 Å². The fourth-order valence-electron chi connectivity index (χ4n) is 2.82. The molecule has 7 nitrogen and oxygen atoms in total. The summed E-state index contributed by atoms with van der Waals surface area (Å²) >= 11 is 0. The van der Waals surface area contributed by atoms with E-state index in [0.717, 1.165) is 42.7 Å². The Balaban J connectivity index is 1.71. The van der Waals surface area contributed by atoms with E-state index in [9.17, 15) is 5.26 Å². The van der Waals surface area contributed by atoms with E-state index in [1.54, 1.807) is 6.33 Å². The number of hydrogen-bond donors (Lipinski definition) is 1. The van der Waals surface area contributed by atoms with Gasteiger partial charge in [-0.3, -0.25) is 0 Å². The number of nitrogens with one attached hydrogen (secondary N) is 1. The average Bonchev–Trinajstić information content (AvgIpc) is 3.03. The summed E-state index contributed by atoms with van der Waals surface area (Å²) in [6, 6.07) is 8.15. The van der Waals surface area contributed by atoms with Crippen LogP contribution in [0.4, 0.5) is 17.5 Å². The molecule has 124 valence electrons. The van der Waals surface area contributed by atoms with E-state index in [-0.39, 0.29) is 6.04 Å². The molecule has 1 aliphatic rings. The third kappa shape index (κ3) is 3.38. The molecule has 0 radical (unpaired) electrons. The van der Waals surface area contributed by atoms with Crippen LogP contribution in [0, 0.1) is 18.3 Å². The van der Waals surface area contributed by atoms with E-state index in [0.29, 0.717) is 5.56 Å². The highest BCUT2D eigenvalue weighted by Crippen LogP contribution is 2.24. The second-order valence-corrected chi connectivity index (χ2v) is 6.17. The Morgan fingerprint density at radius 2 is 2.17 bits per heavy atom. The summed E-state index contributed by atoms with van der Waals surface area (Å²) in [7, 11) is 3.91. The highest BCUT2D eigenvalue weighted by Gasteiger charge is 2.25. The van der Waals surface area contributed by atoms with Gasteiger partial charge in [-0.1, -0.05) is 0 Å². The molecule has 7 heteroatoms. The van der Waals surface area contributed by atoms with Crippen LogP contribution in [0.3, 0.4) is 0 Å². The van der Waals surface area contributed by atoms with Crippen molar-refractivity contribution in [3.05, 3.63) is 35.8 Å². The van der Waals surface area contributed by atoms with E-state index in [1.807, 2.05) is 44.1 Å². The van der Waals surface area contributed by atoms with Crippen molar-refractivity contribution in [2.75, 3.05) is 42.3 Å². The molecule has 0 spiro atoms. The first-order valence-corrected chi connectivity index (χ1v) is 7.95. The highest BCUT2D eigenvalue weighted by atomic mass is 15.2. The zero-order chi connectivity index (χ0) is 17.1. The molecule has 0 aromatic carbocycles. The van der Waals surface area contributed by atoms with Gasteiger partial charge in [0.05, 0.1) is 5.56 Å². The number of pyridine rings is 1. The lowest BCUT2D eigenvalue weighted by molar-refractivity contribution is 0.797. The highest BCUT2D eigenvalue weighted by molar-refractivity contribution is 5.56. The fourth-order valence-corrected chi connectivity index (χ4v) is 2.82. The number of rotatable bonds is 4. The van der Waals surface area contributed by atoms with Gasteiger partial charge in [-0.25, -0.2) is 15.0 Å². The van der Waals surface area contributed by atoms with Crippen LogP contribution in [0.2, 0.25) is 0 Å². The second-order valence-electron chi connectivity index (χ2n) is 6.17. The van der Waals surface area contributed by atoms with Crippen LogP contribution in [0.15, 0.2) is 24.5 Å². The molecule has 1 aliphatic heterocycles. The summed E-state index contributed by atoms with van der Waals surface area (Å²) < 4.78 is 0. The summed E-state index contributed by atoms with van der Waals surface area (Å²) in [6.07, 6.45) is 2.54. The molecular formula is C17H21N7. The number of nitriles is 1. The third-order valence-electron chi connectivity index (χ3n) is 4.09. The van der Waals surface area contributed by atoms with E-state index in [4.69, 9.17) is 0 Å². The standard InChI is InChI=1S/C17H21N7/c1-12-4-5-13(9-18)17(21-12)24-7-6-14(10-24)22-15-8-16(23(2)3)20-11-19-15/h4-5,8,11,14H,6-7,10H2,1-3H3,(H,19,20,22). The molecule has 3 rings (SSSR count). The lowest BCUT2D eigenvalue weighted by atomic mass is 10.2. The first kappa shape index (κ1) is 16.0. The maximum absolute atomic E-state index is 9.30. The van der Waals surface area contributed by atoms with Gasteiger partial charge >= 0.3 is 0 Å². The minimum atomic E-state index is 0.267. The molecule has 0 aliphatic carbocycles. The van der Waals surface area contributed by atoms with Gasteiger partial charge in [0.15, 0.2) is 0 Å². The van der Waals surface area contributed by atoms with Gasteiger partial charge in [-0.2, -0.15) is 5.26 Å². The molecule has 0 saturated carbocycles. The first-order chi connectivity index (χ1) is 11.6. The van der Waals surface area contributed by atoms with Crippen molar-refractivity contribution in [2.45, 2.75) is 19.4 Å². The van der Waals surface area contributed by atoms with E-state index in [1.165, 1.54) is 0 Å². The van der Waals surface area contributed by atoms with Crippen molar-refractivity contribution in [1.29, 1.82) is 5.26 Å². The van der Waals surface area contributed by atoms with Crippen LogP contribution < -0.4 is 15.1 Å². The normalized spacial score (nSPS) is 16.8. The van der Waals surface area contributed by atoms with Crippen molar-refractivity contribution >= 4 is 17.5 Å². The van der Waals surface area contributed by atoms with E-state index in [2.05, 4.69) is 31.2 Å². The molecule has 1 N–H and O–H groups in total. The summed E-state index contributed by atoms with van der Waals surface area (Å²) in [6.45, 7) is 3.61. The molecule has 0 bridgehead atoms. The fraction of sp³-hybridized carbons (Fsp3) is 0.412. The Labute approximate surface area is 142 Å². The predicted octanol–water partition coefficient (Wildman–Crippen LogP) is 1.81. The topological polar surface area (TPSA) is 81.0 Å². The molecule has 24 heavy (non-hydrogen) atoms. The number of nitrogens with zero attached hydrogens (tertiary/aromatic N) is 6. The summed E-state index contributed by atoms with van der Waals surface area (Å²) in [4.78, 5) is 17.2. The Morgan fingerprint density at radius 3 is 2.92 bits per heavy atom. The largest absolute Gasteiger partial charge is 0.365 e.